The lowest BCUT2D eigenvalue weighted by molar-refractivity contribution is -0.140. The number of hydrogen-bond donors (Lipinski definition) is 0. The quantitative estimate of drug-likeness (QED) is 0.817. The highest BCUT2D eigenvalue weighted by Crippen LogP contribution is 2.28. The summed E-state index contributed by atoms with van der Waals surface area (Å²) in [6.07, 6.45) is 4.16. The van der Waals surface area contributed by atoms with Crippen LogP contribution in [0.5, 0.6) is 11.5 Å². The van der Waals surface area contributed by atoms with Crippen molar-refractivity contribution in [2.24, 2.45) is 0 Å². The van der Waals surface area contributed by atoms with Crippen molar-refractivity contribution in [2.45, 2.75) is 26.0 Å². The van der Waals surface area contributed by atoms with Crippen LogP contribution in [-0.4, -0.2) is 46.7 Å². The smallest absolute Gasteiger partial charge is 0.224 e. The minimum atomic E-state index is 0.0326. The Morgan fingerprint density at radius 1 is 1.30 bits per heavy atom. The third-order valence-electron chi connectivity index (χ3n) is 4.05. The number of aromatic nitrogens is 2. The molecule has 0 bridgehead atoms. The lowest BCUT2D eigenvalue weighted by atomic mass is 10.1. The fraction of sp³-hybridized carbons (Fsp3) is 0.412. The third-order valence-corrected chi connectivity index (χ3v) is 4.05. The van der Waals surface area contributed by atoms with Gasteiger partial charge >= 0.3 is 0 Å². The summed E-state index contributed by atoms with van der Waals surface area (Å²) in [5.74, 6) is 2.52. The number of methoxy groups -OCH3 is 1. The number of benzene rings is 1. The van der Waals surface area contributed by atoms with Crippen molar-refractivity contribution in [3.05, 3.63) is 42.5 Å². The molecule has 0 saturated carbocycles. The van der Waals surface area contributed by atoms with Crippen LogP contribution in [-0.2, 0) is 11.3 Å². The number of ether oxygens (including phenoxy) is 2. The van der Waals surface area contributed by atoms with Gasteiger partial charge in [0.2, 0.25) is 5.91 Å². The summed E-state index contributed by atoms with van der Waals surface area (Å²) in [5.41, 5.74) is 0. The maximum absolute atomic E-state index is 12.2. The summed E-state index contributed by atoms with van der Waals surface area (Å²) in [7, 11) is 1.62. The largest absolute Gasteiger partial charge is 0.493 e. The van der Waals surface area contributed by atoms with Crippen LogP contribution < -0.4 is 9.47 Å². The zero-order valence-corrected chi connectivity index (χ0v) is 13.4. The normalized spacial score (nSPS) is 14.4. The maximum Gasteiger partial charge on any atom is 0.224 e. The maximum atomic E-state index is 12.2. The lowest BCUT2D eigenvalue weighted by Crippen LogP contribution is -2.56. The van der Waals surface area contributed by atoms with E-state index in [-0.39, 0.29) is 12.0 Å². The van der Waals surface area contributed by atoms with Crippen molar-refractivity contribution < 1.29 is 14.3 Å². The summed E-state index contributed by atoms with van der Waals surface area (Å²) < 4.78 is 13.1. The Balaban J connectivity index is 1.45. The van der Waals surface area contributed by atoms with E-state index in [1.165, 1.54) is 0 Å². The molecule has 1 aliphatic heterocycles. The fourth-order valence-corrected chi connectivity index (χ4v) is 2.63. The topological polar surface area (TPSA) is 56.6 Å². The molecule has 0 spiro atoms. The number of likely N-dealkylation sites (tertiary alicyclic amines) is 1. The molecule has 1 aromatic carbocycles. The Bertz CT molecular complexity index is 677. The first-order chi connectivity index (χ1) is 11.2. The number of imidazole rings is 1. The average Bonchev–Trinajstić information content (AvgIpc) is 2.93. The van der Waals surface area contributed by atoms with Gasteiger partial charge < -0.3 is 18.9 Å². The first-order valence-electron chi connectivity index (χ1n) is 7.72. The van der Waals surface area contributed by atoms with Crippen LogP contribution in [0.4, 0.5) is 0 Å². The molecule has 0 atom stereocenters. The van der Waals surface area contributed by atoms with Gasteiger partial charge in [0.25, 0.3) is 0 Å². The number of carbonyl (C=O) groups is 1. The van der Waals surface area contributed by atoms with E-state index in [4.69, 9.17) is 9.47 Å². The Kier molecular flexibility index (Phi) is 4.50. The van der Waals surface area contributed by atoms with Crippen LogP contribution in [0.25, 0.3) is 0 Å². The van der Waals surface area contributed by atoms with Gasteiger partial charge in [-0.25, -0.2) is 4.98 Å². The van der Waals surface area contributed by atoms with Gasteiger partial charge in [0.15, 0.2) is 11.5 Å². The van der Waals surface area contributed by atoms with Crippen molar-refractivity contribution in [3.63, 3.8) is 0 Å². The lowest BCUT2D eigenvalue weighted by Gasteiger charge is -2.39. The second-order valence-electron chi connectivity index (χ2n) is 5.61. The van der Waals surface area contributed by atoms with E-state index in [0.717, 1.165) is 11.6 Å². The molecule has 1 amide bonds. The van der Waals surface area contributed by atoms with Crippen LogP contribution in [0.1, 0.15) is 12.2 Å². The first-order valence-corrected chi connectivity index (χ1v) is 7.72. The van der Waals surface area contributed by atoms with Crippen LogP contribution in [0.15, 0.2) is 36.7 Å². The summed E-state index contributed by atoms with van der Waals surface area (Å²) >= 11 is 0. The van der Waals surface area contributed by atoms with Crippen LogP contribution in [0.3, 0.4) is 0 Å². The molecule has 3 rings (SSSR count). The van der Waals surface area contributed by atoms with Gasteiger partial charge in [0.05, 0.1) is 20.2 Å². The SMILES string of the molecule is COc1ccccc1OC1CN(C(=O)CCn2ccnc2C)C1. The molecule has 6 nitrogen and oxygen atoms in total. The molecule has 1 aliphatic rings. The van der Waals surface area contributed by atoms with Crippen LogP contribution in [0.2, 0.25) is 0 Å². The molecule has 0 aliphatic carbocycles. The summed E-state index contributed by atoms with van der Waals surface area (Å²) in [4.78, 5) is 18.1. The molecule has 122 valence electrons. The molecule has 1 fully saturated rings. The van der Waals surface area contributed by atoms with Gasteiger partial charge in [0.1, 0.15) is 11.9 Å². The predicted octanol–water partition coefficient (Wildman–Crippen LogP) is 1.88. The second kappa shape index (κ2) is 6.73. The highest BCUT2D eigenvalue weighted by Gasteiger charge is 2.32. The highest BCUT2D eigenvalue weighted by molar-refractivity contribution is 5.77. The van der Waals surface area contributed by atoms with Crippen molar-refractivity contribution in [1.82, 2.24) is 14.5 Å². The van der Waals surface area contributed by atoms with Gasteiger partial charge in [-0.2, -0.15) is 0 Å². The summed E-state index contributed by atoms with van der Waals surface area (Å²) in [6, 6.07) is 7.56. The fourth-order valence-electron chi connectivity index (χ4n) is 2.63. The minimum Gasteiger partial charge on any atom is -0.493 e. The standard InChI is InChI=1S/C17H21N3O3/c1-13-18-8-10-19(13)9-7-17(21)20-11-14(12-20)23-16-6-4-3-5-15(16)22-2/h3-6,8,10,14H,7,9,11-12H2,1-2H3. The number of amides is 1. The Morgan fingerprint density at radius 3 is 2.70 bits per heavy atom. The molecule has 0 radical (unpaired) electrons. The number of nitrogens with zero attached hydrogens (tertiary/aromatic N) is 3. The first kappa shape index (κ1) is 15.4. The van der Waals surface area contributed by atoms with E-state index in [1.807, 2.05) is 46.9 Å². The minimum absolute atomic E-state index is 0.0326. The molecular formula is C17H21N3O3. The zero-order chi connectivity index (χ0) is 16.2. The molecule has 23 heavy (non-hydrogen) atoms. The van der Waals surface area contributed by atoms with Gasteiger partial charge in [-0.05, 0) is 19.1 Å². The van der Waals surface area contributed by atoms with Crippen LogP contribution >= 0.6 is 0 Å². The number of carbonyl (C=O) groups excluding carboxylic acids is 1. The Hall–Kier alpha value is -2.50. The van der Waals surface area contributed by atoms with Crippen molar-refractivity contribution in [3.8, 4) is 11.5 Å². The Morgan fingerprint density at radius 2 is 2.04 bits per heavy atom. The zero-order valence-electron chi connectivity index (χ0n) is 13.4. The molecule has 0 unspecified atom stereocenters. The van der Waals surface area contributed by atoms with Gasteiger partial charge in [-0.1, -0.05) is 12.1 Å². The Labute approximate surface area is 135 Å². The predicted molar refractivity (Wildman–Crippen MR) is 85.6 cm³/mol. The molecule has 1 saturated heterocycles. The monoisotopic (exact) mass is 315 g/mol. The molecule has 2 aromatic rings. The molecule has 0 N–H and O–H groups in total. The van der Waals surface area contributed by atoms with E-state index in [9.17, 15) is 4.79 Å². The van der Waals surface area contributed by atoms with Crippen molar-refractivity contribution in [1.29, 1.82) is 0 Å². The van der Waals surface area contributed by atoms with E-state index in [2.05, 4.69) is 4.98 Å². The second-order valence-corrected chi connectivity index (χ2v) is 5.61. The summed E-state index contributed by atoms with van der Waals surface area (Å²) in [5, 5.41) is 0. The molecule has 1 aromatic heterocycles. The molecule has 2 heterocycles. The third kappa shape index (κ3) is 3.47. The number of hydrogen-bond acceptors (Lipinski definition) is 4. The average molecular weight is 315 g/mol. The van der Waals surface area contributed by atoms with E-state index in [0.29, 0.717) is 31.8 Å². The van der Waals surface area contributed by atoms with E-state index in [1.54, 1.807) is 13.3 Å². The number of rotatable bonds is 6. The highest BCUT2D eigenvalue weighted by atomic mass is 16.5. The van der Waals surface area contributed by atoms with Gasteiger partial charge in [0, 0.05) is 25.4 Å². The van der Waals surface area contributed by atoms with Gasteiger partial charge in [-0.15, -0.1) is 0 Å². The van der Waals surface area contributed by atoms with E-state index >= 15 is 0 Å². The molecule has 6 heteroatoms. The van der Waals surface area contributed by atoms with Crippen molar-refractivity contribution in [2.75, 3.05) is 20.2 Å². The van der Waals surface area contributed by atoms with Gasteiger partial charge in [-0.3, -0.25) is 4.79 Å². The van der Waals surface area contributed by atoms with E-state index < -0.39 is 0 Å². The molecular weight excluding hydrogens is 294 g/mol. The summed E-state index contributed by atoms with van der Waals surface area (Å²) in [6.45, 7) is 3.85. The number of para-hydroxylation sites is 2. The van der Waals surface area contributed by atoms with Crippen molar-refractivity contribution >= 4 is 5.91 Å². The van der Waals surface area contributed by atoms with Crippen LogP contribution in [0, 0.1) is 6.92 Å². The number of aryl methyl sites for hydroxylation is 2.